The van der Waals surface area contributed by atoms with Crippen molar-refractivity contribution in [3.63, 3.8) is 0 Å². The van der Waals surface area contributed by atoms with E-state index < -0.39 is 0 Å². The Hall–Kier alpha value is -2.96. The average Bonchev–Trinajstić information content (AvgIpc) is 3.31. The highest BCUT2D eigenvalue weighted by Crippen LogP contribution is 2.36. The number of rotatable bonds is 4. The van der Waals surface area contributed by atoms with Crippen molar-refractivity contribution in [3.8, 4) is 0 Å². The van der Waals surface area contributed by atoms with Crippen molar-refractivity contribution in [2.24, 2.45) is 7.05 Å². The molecular formula is C21H24N4O3. The second-order valence-corrected chi connectivity index (χ2v) is 7.51. The molecule has 0 saturated carbocycles. The molecule has 0 aliphatic carbocycles. The number of amides is 3. The third-order valence-electron chi connectivity index (χ3n) is 5.90. The van der Waals surface area contributed by atoms with E-state index in [2.05, 4.69) is 5.10 Å². The lowest BCUT2D eigenvalue weighted by atomic mass is 10.0. The number of nitrogens with zero attached hydrogens (tertiary/aromatic N) is 4. The highest BCUT2D eigenvalue weighted by Gasteiger charge is 2.37. The fourth-order valence-corrected chi connectivity index (χ4v) is 4.43. The lowest BCUT2D eigenvalue weighted by molar-refractivity contribution is -0.132. The van der Waals surface area contributed by atoms with Gasteiger partial charge in [-0.25, -0.2) is 0 Å². The van der Waals surface area contributed by atoms with Gasteiger partial charge in [0.25, 0.3) is 11.8 Å². The van der Waals surface area contributed by atoms with Crippen LogP contribution < -0.4 is 0 Å². The quantitative estimate of drug-likeness (QED) is 0.763. The van der Waals surface area contributed by atoms with Crippen LogP contribution in [0.15, 0.2) is 24.3 Å². The fraction of sp³-hybridized carbons (Fsp3) is 0.429. The van der Waals surface area contributed by atoms with Crippen molar-refractivity contribution in [1.29, 1.82) is 0 Å². The first kappa shape index (κ1) is 18.4. The van der Waals surface area contributed by atoms with Crippen LogP contribution >= 0.6 is 0 Å². The SMILES string of the molecule is Cc1nn(C)c(C)c1C1CCCN1C(=O)CCN1C(=O)c2ccccc2C1=O. The predicted molar refractivity (Wildman–Crippen MR) is 103 cm³/mol. The van der Waals surface area contributed by atoms with Crippen LogP contribution in [-0.2, 0) is 11.8 Å². The molecule has 2 aliphatic heterocycles. The summed E-state index contributed by atoms with van der Waals surface area (Å²) < 4.78 is 1.85. The average molecular weight is 380 g/mol. The van der Waals surface area contributed by atoms with Gasteiger partial charge in [-0.1, -0.05) is 12.1 Å². The van der Waals surface area contributed by atoms with E-state index >= 15 is 0 Å². The van der Waals surface area contributed by atoms with Gasteiger partial charge in [0.05, 0.1) is 22.9 Å². The molecule has 1 aromatic heterocycles. The molecule has 3 heterocycles. The van der Waals surface area contributed by atoms with Crippen LogP contribution in [0.1, 0.15) is 63.0 Å². The van der Waals surface area contributed by atoms with Gasteiger partial charge in [-0.05, 0) is 38.8 Å². The molecule has 3 amide bonds. The first-order valence-corrected chi connectivity index (χ1v) is 9.65. The molecule has 4 rings (SSSR count). The first-order chi connectivity index (χ1) is 13.4. The van der Waals surface area contributed by atoms with E-state index in [4.69, 9.17) is 0 Å². The Morgan fingerprint density at radius 3 is 2.36 bits per heavy atom. The number of likely N-dealkylation sites (tertiary alicyclic amines) is 1. The Kier molecular flexibility index (Phi) is 4.53. The molecule has 2 aromatic rings. The summed E-state index contributed by atoms with van der Waals surface area (Å²) in [6.07, 6.45) is 1.99. The van der Waals surface area contributed by atoms with E-state index in [0.29, 0.717) is 17.7 Å². The van der Waals surface area contributed by atoms with E-state index in [9.17, 15) is 14.4 Å². The van der Waals surface area contributed by atoms with E-state index in [1.54, 1.807) is 24.3 Å². The molecule has 0 bridgehead atoms. The lowest BCUT2D eigenvalue weighted by Crippen LogP contribution is -2.36. The van der Waals surface area contributed by atoms with E-state index in [0.717, 1.165) is 29.8 Å². The molecule has 1 fully saturated rings. The smallest absolute Gasteiger partial charge is 0.261 e. The normalized spacial score (nSPS) is 18.9. The van der Waals surface area contributed by atoms with Crippen LogP contribution in [0.25, 0.3) is 0 Å². The maximum Gasteiger partial charge on any atom is 0.261 e. The third-order valence-corrected chi connectivity index (χ3v) is 5.90. The molecule has 1 atom stereocenters. The van der Waals surface area contributed by atoms with Gasteiger partial charge in [0.2, 0.25) is 5.91 Å². The van der Waals surface area contributed by atoms with Gasteiger partial charge in [-0.3, -0.25) is 24.0 Å². The highest BCUT2D eigenvalue weighted by molar-refractivity contribution is 6.21. The molecule has 1 unspecified atom stereocenters. The van der Waals surface area contributed by atoms with Crippen LogP contribution in [-0.4, -0.2) is 50.4 Å². The summed E-state index contributed by atoms with van der Waals surface area (Å²) in [4.78, 5) is 41.0. The van der Waals surface area contributed by atoms with E-state index in [-0.39, 0.29) is 36.7 Å². The Labute approximate surface area is 163 Å². The second kappa shape index (κ2) is 6.89. The Balaban J connectivity index is 1.47. The molecule has 146 valence electrons. The van der Waals surface area contributed by atoms with Crippen molar-refractivity contribution in [1.82, 2.24) is 19.6 Å². The van der Waals surface area contributed by atoms with Gasteiger partial charge < -0.3 is 4.90 Å². The molecule has 7 nitrogen and oxygen atoms in total. The minimum Gasteiger partial charge on any atom is -0.335 e. The van der Waals surface area contributed by atoms with Crippen molar-refractivity contribution < 1.29 is 14.4 Å². The van der Waals surface area contributed by atoms with Crippen LogP contribution in [0.4, 0.5) is 0 Å². The molecule has 7 heteroatoms. The number of carbonyl (C=O) groups is 3. The number of aryl methyl sites for hydroxylation is 2. The summed E-state index contributed by atoms with van der Waals surface area (Å²) in [6.45, 7) is 4.80. The van der Waals surface area contributed by atoms with Crippen molar-refractivity contribution in [2.75, 3.05) is 13.1 Å². The van der Waals surface area contributed by atoms with Crippen LogP contribution in [0.3, 0.4) is 0 Å². The summed E-state index contributed by atoms with van der Waals surface area (Å²) >= 11 is 0. The molecule has 1 aromatic carbocycles. The van der Waals surface area contributed by atoms with Gasteiger partial charge in [0, 0.05) is 37.8 Å². The number of imide groups is 1. The van der Waals surface area contributed by atoms with Gasteiger partial charge in [-0.2, -0.15) is 5.10 Å². The maximum atomic E-state index is 13.0. The summed E-state index contributed by atoms with van der Waals surface area (Å²) in [5.74, 6) is -0.655. The van der Waals surface area contributed by atoms with Crippen molar-refractivity contribution >= 4 is 17.7 Å². The minimum absolute atomic E-state index is 0.0170. The minimum atomic E-state index is -0.315. The number of carbonyl (C=O) groups excluding carboxylic acids is 3. The van der Waals surface area contributed by atoms with Gasteiger partial charge >= 0.3 is 0 Å². The van der Waals surface area contributed by atoms with E-state index in [1.807, 2.05) is 30.5 Å². The number of benzene rings is 1. The topological polar surface area (TPSA) is 75.5 Å². The zero-order valence-electron chi connectivity index (χ0n) is 16.4. The third kappa shape index (κ3) is 2.82. The molecule has 0 N–H and O–H groups in total. The molecular weight excluding hydrogens is 356 g/mol. The first-order valence-electron chi connectivity index (χ1n) is 9.65. The number of hydrogen-bond donors (Lipinski definition) is 0. The predicted octanol–water partition coefficient (Wildman–Crippen LogP) is 2.39. The number of hydrogen-bond acceptors (Lipinski definition) is 4. The van der Waals surface area contributed by atoms with Gasteiger partial charge in [0.15, 0.2) is 0 Å². The lowest BCUT2D eigenvalue weighted by Gasteiger charge is -2.26. The molecule has 28 heavy (non-hydrogen) atoms. The maximum absolute atomic E-state index is 13.0. The molecule has 0 radical (unpaired) electrons. The van der Waals surface area contributed by atoms with Gasteiger partial charge in [0.1, 0.15) is 0 Å². The van der Waals surface area contributed by atoms with Crippen LogP contribution in [0, 0.1) is 13.8 Å². The zero-order valence-corrected chi connectivity index (χ0v) is 16.4. The second-order valence-electron chi connectivity index (χ2n) is 7.51. The number of aromatic nitrogens is 2. The molecule has 2 aliphatic rings. The van der Waals surface area contributed by atoms with E-state index in [1.165, 1.54) is 4.90 Å². The summed E-state index contributed by atoms with van der Waals surface area (Å²) in [7, 11) is 1.91. The van der Waals surface area contributed by atoms with Crippen LogP contribution in [0.2, 0.25) is 0 Å². The van der Waals surface area contributed by atoms with Crippen LogP contribution in [0.5, 0.6) is 0 Å². The Morgan fingerprint density at radius 1 is 1.14 bits per heavy atom. The molecule has 0 spiro atoms. The zero-order chi connectivity index (χ0) is 20.0. The number of fused-ring (bicyclic) bond motifs is 1. The highest BCUT2D eigenvalue weighted by atomic mass is 16.2. The molecule has 1 saturated heterocycles. The summed E-state index contributed by atoms with van der Waals surface area (Å²) in [5.41, 5.74) is 3.97. The summed E-state index contributed by atoms with van der Waals surface area (Å²) in [5, 5.41) is 4.48. The standard InChI is InChI=1S/C21H24N4O3/c1-13-19(14(2)23(3)22-13)17-9-6-11-24(17)18(26)10-12-25-20(27)15-7-4-5-8-16(15)21(25)28/h4-5,7-8,17H,6,9-12H2,1-3H3. The Bertz CT molecular complexity index is 943. The summed E-state index contributed by atoms with van der Waals surface area (Å²) in [6, 6.07) is 6.81. The largest absolute Gasteiger partial charge is 0.335 e. The van der Waals surface area contributed by atoms with Gasteiger partial charge in [-0.15, -0.1) is 0 Å². The monoisotopic (exact) mass is 380 g/mol. The van der Waals surface area contributed by atoms with Crippen molar-refractivity contribution in [3.05, 3.63) is 52.3 Å². The Morgan fingerprint density at radius 2 is 1.79 bits per heavy atom. The fourth-order valence-electron chi connectivity index (χ4n) is 4.43. The van der Waals surface area contributed by atoms with Crippen molar-refractivity contribution in [2.45, 2.75) is 39.2 Å².